The van der Waals surface area contributed by atoms with Crippen molar-refractivity contribution < 1.29 is 0 Å². The van der Waals surface area contributed by atoms with E-state index in [2.05, 4.69) is 41.5 Å². The molecule has 0 spiro atoms. The predicted molar refractivity (Wildman–Crippen MR) is 66.8 cm³/mol. The summed E-state index contributed by atoms with van der Waals surface area (Å²) in [4.78, 5) is 0. The molecule has 0 aliphatic heterocycles. The monoisotopic (exact) mass is 206 g/mol. The van der Waals surface area contributed by atoms with Gasteiger partial charge in [0, 0.05) is 0 Å². The minimum absolute atomic E-state index is 0.431. The van der Waals surface area contributed by atoms with Gasteiger partial charge in [-0.25, -0.2) is 0 Å². The molecule has 3 aliphatic rings. The third-order valence-electron chi connectivity index (χ3n) is 5.83. The molecular weight excluding hydrogens is 180 g/mol. The Morgan fingerprint density at radius 3 is 1.73 bits per heavy atom. The van der Waals surface area contributed by atoms with Crippen LogP contribution in [0.3, 0.4) is 0 Å². The van der Waals surface area contributed by atoms with E-state index in [1.165, 1.54) is 25.7 Å². The zero-order chi connectivity index (χ0) is 11.5. The van der Waals surface area contributed by atoms with E-state index in [-0.39, 0.29) is 0 Å². The highest BCUT2D eigenvalue weighted by atomic mass is 14.6. The Kier molecular flexibility index (Phi) is 2.17. The Balaban J connectivity index is 2.55. The lowest BCUT2D eigenvalue weighted by atomic mass is 9.46. The molecule has 1 saturated carbocycles. The minimum atomic E-state index is 0.431. The van der Waals surface area contributed by atoms with E-state index < -0.39 is 0 Å². The fourth-order valence-corrected chi connectivity index (χ4v) is 4.10. The largest absolute Gasteiger partial charge is 0.0679 e. The molecule has 0 aromatic rings. The first-order chi connectivity index (χ1) is 6.73. The van der Waals surface area contributed by atoms with Crippen molar-refractivity contribution in [1.82, 2.24) is 0 Å². The fraction of sp³-hybridized carbons (Fsp3) is 0.867. The number of fused-ring (bicyclic) bond motifs is 2. The van der Waals surface area contributed by atoms with Gasteiger partial charge in [-0.1, -0.05) is 38.8 Å². The molecule has 0 heteroatoms. The van der Waals surface area contributed by atoms with Gasteiger partial charge in [0.1, 0.15) is 0 Å². The van der Waals surface area contributed by atoms with Crippen LogP contribution in [-0.4, -0.2) is 0 Å². The van der Waals surface area contributed by atoms with Crippen molar-refractivity contribution in [2.45, 2.75) is 67.2 Å². The zero-order valence-electron chi connectivity index (χ0n) is 11.3. The second kappa shape index (κ2) is 2.90. The molecule has 0 unspecified atom stereocenters. The summed E-state index contributed by atoms with van der Waals surface area (Å²) in [5, 5.41) is 0. The van der Waals surface area contributed by atoms with Gasteiger partial charge in [-0.15, -0.1) is 0 Å². The maximum absolute atomic E-state index is 2.47. The molecule has 0 radical (unpaired) electrons. The Morgan fingerprint density at radius 2 is 1.33 bits per heavy atom. The van der Waals surface area contributed by atoms with Crippen molar-refractivity contribution in [2.24, 2.45) is 16.2 Å². The summed E-state index contributed by atoms with van der Waals surface area (Å²) in [6, 6.07) is 0. The lowest BCUT2D eigenvalue weighted by molar-refractivity contribution is 0.0151. The van der Waals surface area contributed by atoms with Crippen LogP contribution in [0.1, 0.15) is 67.2 Å². The summed E-state index contributed by atoms with van der Waals surface area (Å²) < 4.78 is 0. The van der Waals surface area contributed by atoms with Crippen molar-refractivity contribution in [3.63, 3.8) is 0 Å². The molecule has 1 fully saturated rings. The summed E-state index contributed by atoms with van der Waals surface area (Å²) in [6.45, 7) is 14.5. The van der Waals surface area contributed by atoms with Gasteiger partial charge in [0.05, 0.1) is 0 Å². The van der Waals surface area contributed by atoms with E-state index in [9.17, 15) is 0 Å². The molecule has 0 aromatic heterocycles. The molecule has 86 valence electrons. The van der Waals surface area contributed by atoms with E-state index in [4.69, 9.17) is 0 Å². The van der Waals surface area contributed by atoms with E-state index in [0.717, 1.165) is 0 Å². The van der Waals surface area contributed by atoms with Crippen molar-refractivity contribution in [3.05, 3.63) is 11.1 Å². The fourth-order valence-electron chi connectivity index (χ4n) is 4.10. The topological polar surface area (TPSA) is 0 Å². The maximum Gasteiger partial charge on any atom is -0.00390 e. The summed E-state index contributed by atoms with van der Waals surface area (Å²) in [7, 11) is 0. The van der Waals surface area contributed by atoms with Gasteiger partial charge >= 0.3 is 0 Å². The van der Waals surface area contributed by atoms with Crippen LogP contribution in [0.25, 0.3) is 0 Å². The predicted octanol–water partition coefficient (Wildman–Crippen LogP) is 4.95. The molecule has 0 aromatic carbocycles. The van der Waals surface area contributed by atoms with Crippen LogP contribution in [0.5, 0.6) is 0 Å². The lowest BCUT2D eigenvalue weighted by Crippen LogP contribution is -2.48. The number of rotatable bonds is 0. The third kappa shape index (κ3) is 1.26. The van der Waals surface area contributed by atoms with Crippen molar-refractivity contribution in [1.29, 1.82) is 0 Å². The molecule has 0 amide bonds. The van der Waals surface area contributed by atoms with E-state index in [1.54, 1.807) is 11.1 Å². The first-order valence-electron chi connectivity index (χ1n) is 6.41. The van der Waals surface area contributed by atoms with Crippen molar-refractivity contribution in [2.75, 3.05) is 0 Å². The molecule has 0 nitrogen and oxygen atoms in total. The van der Waals surface area contributed by atoms with Gasteiger partial charge in [0.15, 0.2) is 0 Å². The van der Waals surface area contributed by atoms with Crippen LogP contribution in [0.2, 0.25) is 0 Å². The van der Waals surface area contributed by atoms with E-state index in [0.29, 0.717) is 16.2 Å². The number of allylic oxidation sites excluding steroid dienone is 2. The highest BCUT2D eigenvalue weighted by Crippen LogP contribution is 2.65. The molecule has 0 heterocycles. The molecule has 2 bridgehead atoms. The van der Waals surface area contributed by atoms with Gasteiger partial charge in [-0.3, -0.25) is 0 Å². The van der Waals surface area contributed by atoms with Gasteiger partial charge in [-0.05, 0) is 55.8 Å². The minimum Gasteiger partial charge on any atom is -0.0679 e. The molecular formula is C15H26. The van der Waals surface area contributed by atoms with Crippen LogP contribution in [-0.2, 0) is 0 Å². The normalized spacial score (nSPS) is 41.2. The summed E-state index contributed by atoms with van der Waals surface area (Å²) in [5.41, 5.74) is 4.90. The Bertz CT molecular complexity index is 303. The first-order valence-corrected chi connectivity index (χ1v) is 6.41. The van der Waals surface area contributed by atoms with Crippen molar-refractivity contribution in [3.8, 4) is 0 Å². The van der Waals surface area contributed by atoms with Gasteiger partial charge in [-0.2, -0.15) is 0 Å². The summed E-state index contributed by atoms with van der Waals surface area (Å²) in [6.07, 6.45) is 5.65. The van der Waals surface area contributed by atoms with Crippen LogP contribution < -0.4 is 0 Å². The molecule has 0 N–H and O–H groups in total. The van der Waals surface area contributed by atoms with Gasteiger partial charge in [0.25, 0.3) is 0 Å². The average molecular weight is 206 g/mol. The molecule has 3 aliphatic carbocycles. The van der Waals surface area contributed by atoms with Gasteiger partial charge in [0.2, 0.25) is 0 Å². The molecule has 3 rings (SSSR count). The molecule has 0 saturated heterocycles. The van der Waals surface area contributed by atoms with Gasteiger partial charge < -0.3 is 0 Å². The Labute approximate surface area is 95.1 Å². The van der Waals surface area contributed by atoms with Crippen LogP contribution in [0, 0.1) is 16.2 Å². The average Bonchev–Trinajstić information content (AvgIpc) is 2.13. The first kappa shape index (κ1) is 11.2. The third-order valence-corrected chi connectivity index (χ3v) is 5.83. The SMILES string of the molecule is CC1=C(C)C2(C(C)(C)C)CCC1(C)CC2. The second-order valence-electron chi connectivity index (χ2n) is 7.14. The van der Waals surface area contributed by atoms with Crippen molar-refractivity contribution >= 4 is 0 Å². The van der Waals surface area contributed by atoms with Crippen LogP contribution in [0.15, 0.2) is 11.1 Å². The zero-order valence-corrected chi connectivity index (χ0v) is 11.3. The summed E-state index contributed by atoms with van der Waals surface area (Å²) >= 11 is 0. The van der Waals surface area contributed by atoms with Crippen LogP contribution in [0.4, 0.5) is 0 Å². The van der Waals surface area contributed by atoms with E-state index in [1.807, 2.05) is 0 Å². The number of hydrogen-bond acceptors (Lipinski definition) is 0. The number of hydrogen-bond donors (Lipinski definition) is 0. The Hall–Kier alpha value is -0.260. The standard InChI is InChI=1S/C15H26/c1-11-12(2)15(13(3,4)5)9-7-14(11,6)8-10-15/h7-10H2,1-6H3. The quantitative estimate of drug-likeness (QED) is 0.492. The summed E-state index contributed by atoms with van der Waals surface area (Å²) in [5.74, 6) is 0. The molecule has 0 atom stereocenters. The molecule has 15 heavy (non-hydrogen) atoms. The highest BCUT2D eigenvalue weighted by Gasteiger charge is 2.53. The smallest absolute Gasteiger partial charge is 0.00390 e. The van der Waals surface area contributed by atoms with E-state index >= 15 is 0 Å². The lowest BCUT2D eigenvalue weighted by Gasteiger charge is -2.59. The Morgan fingerprint density at radius 1 is 0.867 bits per heavy atom. The highest BCUT2D eigenvalue weighted by molar-refractivity contribution is 5.33. The second-order valence-corrected chi connectivity index (χ2v) is 7.14. The maximum atomic E-state index is 2.47. The van der Waals surface area contributed by atoms with Crippen LogP contribution >= 0.6 is 0 Å².